The maximum absolute atomic E-state index is 12.7. The molecule has 2 aromatic carbocycles. The van der Waals surface area contributed by atoms with Crippen molar-refractivity contribution in [3.8, 4) is 11.5 Å². The zero-order valence-corrected chi connectivity index (χ0v) is 13.5. The van der Waals surface area contributed by atoms with Gasteiger partial charge in [0.25, 0.3) is 5.91 Å². The van der Waals surface area contributed by atoms with Crippen LogP contribution in [0.15, 0.2) is 35.4 Å². The molecule has 3 N–H and O–H groups in total. The third kappa shape index (κ3) is 4.42. The highest BCUT2D eigenvalue weighted by Gasteiger charge is 2.32. The first-order valence-corrected chi connectivity index (χ1v) is 7.20. The Balaban J connectivity index is 2.22. The molecular formula is C16H12ClF3N2O3. The number of aromatic hydroxyl groups is 2. The molecule has 9 heteroatoms. The van der Waals surface area contributed by atoms with Gasteiger partial charge in [0.15, 0.2) is 0 Å². The van der Waals surface area contributed by atoms with Gasteiger partial charge in [-0.1, -0.05) is 17.7 Å². The highest BCUT2D eigenvalue weighted by molar-refractivity contribution is 6.32. The number of hydrazone groups is 1. The van der Waals surface area contributed by atoms with Gasteiger partial charge in [-0.15, -0.1) is 0 Å². The summed E-state index contributed by atoms with van der Waals surface area (Å²) in [6, 6.07) is 5.55. The number of nitrogens with zero attached hydrogens (tertiary/aromatic N) is 1. The molecule has 0 saturated carbocycles. The number of aryl methyl sites for hydroxylation is 1. The third-order valence-corrected chi connectivity index (χ3v) is 3.48. The van der Waals surface area contributed by atoms with E-state index in [2.05, 4.69) is 5.10 Å². The fraction of sp³-hybridized carbons (Fsp3) is 0.125. The minimum Gasteiger partial charge on any atom is -0.507 e. The van der Waals surface area contributed by atoms with Gasteiger partial charge in [0, 0.05) is 5.56 Å². The molecule has 2 aromatic rings. The maximum Gasteiger partial charge on any atom is 0.416 e. The molecule has 0 fully saturated rings. The van der Waals surface area contributed by atoms with Gasteiger partial charge in [-0.25, -0.2) is 5.43 Å². The monoisotopic (exact) mass is 372 g/mol. The molecule has 0 aromatic heterocycles. The van der Waals surface area contributed by atoms with Crippen molar-refractivity contribution in [1.29, 1.82) is 0 Å². The molecular weight excluding hydrogens is 361 g/mol. The second-order valence-corrected chi connectivity index (χ2v) is 5.52. The van der Waals surface area contributed by atoms with Crippen LogP contribution in [0.3, 0.4) is 0 Å². The van der Waals surface area contributed by atoms with Gasteiger partial charge in [0.1, 0.15) is 11.5 Å². The summed E-state index contributed by atoms with van der Waals surface area (Å²) in [5.41, 5.74) is 1.33. The van der Waals surface area contributed by atoms with Crippen molar-refractivity contribution >= 4 is 23.7 Å². The lowest BCUT2D eigenvalue weighted by atomic mass is 10.1. The van der Waals surface area contributed by atoms with Crippen LogP contribution in [-0.2, 0) is 6.18 Å². The predicted octanol–water partition coefficient (Wildman–Crippen LogP) is 3.84. The number of rotatable bonds is 3. The first kappa shape index (κ1) is 18.6. The molecule has 0 bridgehead atoms. The van der Waals surface area contributed by atoms with E-state index in [4.69, 9.17) is 11.6 Å². The molecule has 0 heterocycles. The predicted molar refractivity (Wildman–Crippen MR) is 86.0 cm³/mol. The number of halogens is 4. The van der Waals surface area contributed by atoms with Crippen LogP contribution in [0.5, 0.6) is 11.5 Å². The van der Waals surface area contributed by atoms with Crippen LogP contribution < -0.4 is 5.43 Å². The van der Waals surface area contributed by atoms with Crippen molar-refractivity contribution in [2.24, 2.45) is 5.10 Å². The van der Waals surface area contributed by atoms with E-state index in [0.717, 1.165) is 11.8 Å². The molecule has 0 aliphatic heterocycles. The maximum atomic E-state index is 12.7. The van der Waals surface area contributed by atoms with Crippen LogP contribution in [0.4, 0.5) is 13.2 Å². The fourth-order valence-electron chi connectivity index (χ4n) is 1.94. The van der Waals surface area contributed by atoms with Crippen LogP contribution >= 0.6 is 11.6 Å². The van der Waals surface area contributed by atoms with Crippen molar-refractivity contribution in [2.45, 2.75) is 13.1 Å². The molecule has 0 unspecified atom stereocenters. The number of amides is 1. The minimum atomic E-state index is -4.66. The largest absolute Gasteiger partial charge is 0.507 e. The van der Waals surface area contributed by atoms with E-state index in [1.165, 1.54) is 12.1 Å². The van der Waals surface area contributed by atoms with Crippen LogP contribution in [0.1, 0.15) is 27.0 Å². The summed E-state index contributed by atoms with van der Waals surface area (Å²) in [5, 5.41) is 22.4. The Bertz CT molecular complexity index is 851. The Labute approximate surface area is 145 Å². The number of alkyl halides is 3. The summed E-state index contributed by atoms with van der Waals surface area (Å²) in [6.45, 7) is 1.72. The fourth-order valence-corrected chi connectivity index (χ4v) is 2.16. The Hall–Kier alpha value is -2.74. The number of hydrogen-bond donors (Lipinski definition) is 3. The van der Waals surface area contributed by atoms with E-state index >= 15 is 0 Å². The van der Waals surface area contributed by atoms with E-state index in [9.17, 15) is 28.2 Å². The van der Waals surface area contributed by atoms with E-state index in [-0.39, 0.29) is 16.9 Å². The summed E-state index contributed by atoms with van der Waals surface area (Å²) in [6.07, 6.45) is -3.84. The summed E-state index contributed by atoms with van der Waals surface area (Å²) >= 11 is 5.57. The highest BCUT2D eigenvalue weighted by Crippen LogP contribution is 2.36. The SMILES string of the molecule is Cc1ccc(C(=O)NN=Cc2cc(C(F)(F)F)cc(Cl)c2O)c(O)c1. The van der Waals surface area contributed by atoms with Crippen molar-refractivity contribution in [3.05, 3.63) is 57.6 Å². The minimum absolute atomic E-state index is 0.0611. The van der Waals surface area contributed by atoms with E-state index < -0.39 is 28.4 Å². The summed E-state index contributed by atoms with van der Waals surface area (Å²) in [7, 11) is 0. The van der Waals surface area contributed by atoms with Crippen LogP contribution in [0, 0.1) is 6.92 Å². The highest BCUT2D eigenvalue weighted by atomic mass is 35.5. The second kappa shape index (κ2) is 7.02. The lowest BCUT2D eigenvalue weighted by Gasteiger charge is -2.10. The molecule has 0 atom stereocenters. The second-order valence-electron chi connectivity index (χ2n) is 5.11. The first-order valence-electron chi connectivity index (χ1n) is 6.82. The lowest BCUT2D eigenvalue weighted by molar-refractivity contribution is -0.137. The molecule has 132 valence electrons. The van der Waals surface area contributed by atoms with Crippen molar-refractivity contribution in [3.63, 3.8) is 0 Å². The molecule has 0 radical (unpaired) electrons. The number of nitrogens with one attached hydrogen (secondary N) is 1. The number of carbonyl (C=O) groups is 1. The third-order valence-electron chi connectivity index (χ3n) is 3.19. The van der Waals surface area contributed by atoms with Gasteiger partial charge in [0.05, 0.1) is 22.4 Å². The van der Waals surface area contributed by atoms with Crippen molar-refractivity contribution in [2.75, 3.05) is 0 Å². The smallest absolute Gasteiger partial charge is 0.416 e. The molecule has 0 saturated heterocycles. The summed E-state index contributed by atoms with van der Waals surface area (Å²) in [5.74, 6) is -1.64. The Kier molecular flexibility index (Phi) is 5.22. The average Bonchev–Trinajstić information content (AvgIpc) is 2.50. The van der Waals surface area contributed by atoms with Gasteiger partial charge in [0.2, 0.25) is 0 Å². The van der Waals surface area contributed by atoms with Crippen molar-refractivity contribution < 1.29 is 28.2 Å². The Morgan fingerprint density at radius 1 is 1.24 bits per heavy atom. The zero-order valence-electron chi connectivity index (χ0n) is 12.7. The summed E-state index contributed by atoms with van der Waals surface area (Å²) < 4.78 is 38.2. The van der Waals surface area contributed by atoms with Gasteiger partial charge in [-0.3, -0.25) is 4.79 Å². The lowest BCUT2D eigenvalue weighted by Crippen LogP contribution is -2.17. The van der Waals surface area contributed by atoms with Crippen LogP contribution in [0.25, 0.3) is 0 Å². The quantitative estimate of drug-likeness (QED) is 0.565. The van der Waals surface area contributed by atoms with E-state index in [1.54, 1.807) is 13.0 Å². The van der Waals surface area contributed by atoms with Gasteiger partial charge >= 0.3 is 6.18 Å². The average molecular weight is 373 g/mol. The molecule has 25 heavy (non-hydrogen) atoms. The van der Waals surface area contributed by atoms with Gasteiger partial charge in [-0.05, 0) is 36.8 Å². The molecule has 5 nitrogen and oxygen atoms in total. The van der Waals surface area contributed by atoms with Crippen LogP contribution in [0.2, 0.25) is 5.02 Å². The number of phenolic OH excluding ortho intramolecular Hbond substituents is 2. The zero-order chi connectivity index (χ0) is 18.8. The number of phenols is 2. The van der Waals surface area contributed by atoms with E-state index in [1.807, 2.05) is 5.43 Å². The first-order chi connectivity index (χ1) is 11.6. The Morgan fingerprint density at radius 3 is 2.52 bits per heavy atom. The molecule has 0 aliphatic rings. The standard InChI is InChI=1S/C16H12ClF3N2O3/c1-8-2-3-11(13(23)4-8)15(25)22-21-7-9-5-10(16(18,19)20)6-12(17)14(9)24/h2-7,23-24H,1H3,(H,22,25). The van der Waals surface area contributed by atoms with Crippen LogP contribution in [-0.4, -0.2) is 22.3 Å². The normalized spacial score (nSPS) is 11.7. The number of hydrogen-bond acceptors (Lipinski definition) is 4. The molecule has 0 spiro atoms. The van der Waals surface area contributed by atoms with E-state index in [0.29, 0.717) is 12.1 Å². The topological polar surface area (TPSA) is 81.9 Å². The Morgan fingerprint density at radius 2 is 1.92 bits per heavy atom. The number of benzene rings is 2. The van der Waals surface area contributed by atoms with Gasteiger partial charge in [-0.2, -0.15) is 18.3 Å². The molecule has 0 aliphatic carbocycles. The number of carbonyl (C=O) groups excluding carboxylic acids is 1. The molecule has 1 amide bonds. The van der Waals surface area contributed by atoms with Gasteiger partial charge < -0.3 is 10.2 Å². The van der Waals surface area contributed by atoms with Crippen molar-refractivity contribution in [1.82, 2.24) is 5.43 Å². The summed E-state index contributed by atoms with van der Waals surface area (Å²) in [4.78, 5) is 11.9. The molecule has 2 rings (SSSR count).